The first-order valence-corrected chi connectivity index (χ1v) is 4.55. The maximum atomic E-state index is 10.9. The van der Waals surface area contributed by atoms with Gasteiger partial charge < -0.3 is 10.8 Å². The summed E-state index contributed by atoms with van der Waals surface area (Å²) in [4.78, 5) is 10.9. The maximum absolute atomic E-state index is 10.9. The van der Waals surface area contributed by atoms with Gasteiger partial charge in [-0.1, -0.05) is 6.42 Å². The summed E-state index contributed by atoms with van der Waals surface area (Å²) in [6.07, 6.45) is 3.02. The van der Waals surface area contributed by atoms with Crippen LogP contribution in [-0.4, -0.2) is 23.0 Å². The number of carbonyl (C=O) groups excluding carboxylic acids is 1. The smallest absolute Gasteiger partial charge is 0.158 e. The molecule has 0 aliphatic heterocycles. The van der Waals surface area contributed by atoms with Crippen molar-refractivity contribution in [3.05, 3.63) is 0 Å². The number of aliphatic hydroxyl groups excluding tert-OH is 1. The first kappa shape index (κ1) is 9.68. The molecule has 3 heteroatoms. The Morgan fingerprint density at radius 2 is 2.25 bits per heavy atom. The second-order valence-electron chi connectivity index (χ2n) is 3.74. The van der Waals surface area contributed by atoms with E-state index in [1.54, 1.807) is 0 Å². The summed E-state index contributed by atoms with van der Waals surface area (Å²) in [5.74, 6) is -0.0275. The van der Waals surface area contributed by atoms with E-state index in [4.69, 9.17) is 5.73 Å². The quantitative estimate of drug-likeness (QED) is 0.634. The molecule has 3 nitrogen and oxygen atoms in total. The van der Waals surface area contributed by atoms with Crippen LogP contribution in [0.1, 0.15) is 32.6 Å². The van der Waals surface area contributed by atoms with Crippen molar-refractivity contribution in [2.45, 2.75) is 44.8 Å². The zero-order valence-corrected chi connectivity index (χ0v) is 7.49. The highest BCUT2D eigenvalue weighted by atomic mass is 16.3. The van der Waals surface area contributed by atoms with Crippen LogP contribution < -0.4 is 5.73 Å². The molecule has 0 bridgehead atoms. The van der Waals surface area contributed by atoms with Crippen LogP contribution in [0.25, 0.3) is 0 Å². The lowest BCUT2D eigenvalue weighted by Gasteiger charge is -2.28. The van der Waals surface area contributed by atoms with E-state index in [9.17, 15) is 9.90 Å². The minimum Gasteiger partial charge on any atom is -0.385 e. The lowest BCUT2D eigenvalue weighted by molar-refractivity contribution is -0.128. The third kappa shape index (κ3) is 2.29. The summed E-state index contributed by atoms with van der Waals surface area (Å²) in [5.41, 5.74) is 5.74. The summed E-state index contributed by atoms with van der Waals surface area (Å²) >= 11 is 0. The normalized spacial score (nSPS) is 32.9. The third-order valence-corrected chi connectivity index (χ3v) is 2.62. The molecule has 0 spiro atoms. The van der Waals surface area contributed by atoms with Crippen molar-refractivity contribution in [2.24, 2.45) is 11.7 Å². The molecule has 1 fully saturated rings. The number of hydrogen-bond acceptors (Lipinski definition) is 3. The molecule has 0 heterocycles. The van der Waals surface area contributed by atoms with Gasteiger partial charge in [-0.3, -0.25) is 4.79 Å². The Morgan fingerprint density at radius 1 is 1.58 bits per heavy atom. The molecule has 0 saturated heterocycles. The Kier molecular flexibility index (Phi) is 3.23. The van der Waals surface area contributed by atoms with Gasteiger partial charge in [0.05, 0.1) is 0 Å². The summed E-state index contributed by atoms with van der Waals surface area (Å²) in [6.45, 7) is 1.44. The zero-order valence-electron chi connectivity index (χ0n) is 7.49. The molecule has 1 rings (SSSR count). The Bertz CT molecular complexity index is 170. The summed E-state index contributed by atoms with van der Waals surface area (Å²) in [5, 5.41) is 9.46. The molecule has 1 saturated carbocycles. The minimum atomic E-state index is -0.781. The number of hydrogen-bond donors (Lipinski definition) is 2. The van der Waals surface area contributed by atoms with Gasteiger partial charge in [0.2, 0.25) is 0 Å². The van der Waals surface area contributed by atoms with Crippen molar-refractivity contribution < 1.29 is 9.90 Å². The fraction of sp³-hybridized carbons (Fsp3) is 0.889. The number of aliphatic hydroxyl groups is 1. The minimum absolute atomic E-state index is 0.103. The molecule has 0 aromatic heterocycles. The van der Waals surface area contributed by atoms with E-state index in [0.717, 1.165) is 25.7 Å². The van der Waals surface area contributed by atoms with Gasteiger partial charge in [-0.15, -0.1) is 0 Å². The highest BCUT2D eigenvalue weighted by Crippen LogP contribution is 2.26. The Labute approximate surface area is 72.9 Å². The summed E-state index contributed by atoms with van der Waals surface area (Å²) < 4.78 is 0. The Morgan fingerprint density at radius 3 is 2.75 bits per heavy atom. The predicted molar refractivity (Wildman–Crippen MR) is 46.6 cm³/mol. The van der Waals surface area contributed by atoms with Crippen LogP contribution in [-0.2, 0) is 4.79 Å². The van der Waals surface area contributed by atoms with E-state index < -0.39 is 6.10 Å². The number of Topliss-reactive ketones (excluding diaryl/α,β-unsaturated/α-hetero) is 1. The fourth-order valence-electron chi connectivity index (χ4n) is 1.89. The highest BCUT2D eigenvalue weighted by Gasteiger charge is 2.27. The number of nitrogens with two attached hydrogens (primary N) is 1. The van der Waals surface area contributed by atoms with Gasteiger partial charge in [0.15, 0.2) is 5.78 Å². The molecule has 0 aromatic carbocycles. The second kappa shape index (κ2) is 4.01. The van der Waals surface area contributed by atoms with Gasteiger partial charge >= 0.3 is 0 Å². The van der Waals surface area contributed by atoms with Gasteiger partial charge in [-0.05, 0) is 32.1 Å². The molecule has 70 valence electrons. The molecule has 3 N–H and O–H groups in total. The molecular weight excluding hydrogens is 154 g/mol. The largest absolute Gasteiger partial charge is 0.385 e. The van der Waals surface area contributed by atoms with Crippen molar-refractivity contribution in [1.82, 2.24) is 0 Å². The van der Waals surface area contributed by atoms with Crippen LogP contribution in [0.3, 0.4) is 0 Å². The maximum Gasteiger partial charge on any atom is 0.158 e. The molecule has 1 aliphatic carbocycles. The third-order valence-electron chi connectivity index (χ3n) is 2.62. The summed E-state index contributed by atoms with van der Waals surface area (Å²) in [7, 11) is 0. The van der Waals surface area contributed by atoms with E-state index in [0.29, 0.717) is 0 Å². The van der Waals surface area contributed by atoms with Crippen molar-refractivity contribution in [3.8, 4) is 0 Å². The molecule has 3 unspecified atom stereocenters. The van der Waals surface area contributed by atoms with Gasteiger partial charge in [-0.25, -0.2) is 0 Å². The van der Waals surface area contributed by atoms with Crippen LogP contribution >= 0.6 is 0 Å². The zero-order chi connectivity index (χ0) is 9.14. The fourth-order valence-corrected chi connectivity index (χ4v) is 1.89. The van der Waals surface area contributed by atoms with E-state index in [1.165, 1.54) is 6.92 Å². The SMILES string of the molecule is CC(=O)C(O)C1CCCC(N)C1. The number of carbonyl (C=O) groups is 1. The molecule has 0 radical (unpaired) electrons. The van der Waals surface area contributed by atoms with Crippen molar-refractivity contribution in [1.29, 1.82) is 0 Å². The first-order chi connectivity index (χ1) is 5.61. The molecular formula is C9H17NO2. The van der Waals surface area contributed by atoms with E-state index in [-0.39, 0.29) is 17.7 Å². The molecule has 12 heavy (non-hydrogen) atoms. The van der Waals surface area contributed by atoms with Crippen LogP contribution in [0.4, 0.5) is 0 Å². The molecule has 0 amide bonds. The average molecular weight is 171 g/mol. The van der Waals surface area contributed by atoms with Gasteiger partial charge in [-0.2, -0.15) is 0 Å². The standard InChI is InChI=1S/C9H17NO2/c1-6(11)9(12)7-3-2-4-8(10)5-7/h7-9,12H,2-5,10H2,1H3. The van der Waals surface area contributed by atoms with Crippen LogP contribution in [0, 0.1) is 5.92 Å². The van der Waals surface area contributed by atoms with E-state index in [1.807, 2.05) is 0 Å². The van der Waals surface area contributed by atoms with E-state index in [2.05, 4.69) is 0 Å². The number of rotatable bonds is 2. The van der Waals surface area contributed by atoms with Crippen molar-refractivity contribution >= 4 is 5.78 Å². The molecule has 0 aromatic rings. The first-order valence-electron chi connectivity index (χ1n) is 4.55. The monoisotopic (exact) mass is 171 g/mol. The average Bonchev–Trinajstić information content (AvgIpc) is 2.03. The topological polar surface area (TPSA) is 63.3 Å². The summed E-state index contributed by atoms with van der Waals surface area (Å²) in [6, 6.07) is 0.178. The van der Waals surface area contributed by atoms with Crippen LogP contribution in [0.15, 0.2) is 0 Å². The Balaban J connectivity index is 2.45. The van der Waals surface area contributed by atoms with Crippen molar-refractivity contribution in [3.63, 3.8) is 0 Å². The van der Waals surface area contributed by atoms with Crippen molar-refractivity contribution in [2.75, 3.05) is 0 Å². The Hall–Kier alpha value is -0.410. The lowest BCUT2D eigenvalue weighted by atomic mass is 9.82. The van der Waals surface area contributed by atoms with Crippen LogP contribution in [0.5, 0.6) is 0 Å². The predicted octanol–water partition coefficient (Wildman–Crippen LogP) is 0.454. The van der Waals surface area contributed by atoms with Crippen LogP contribution in [0.2, 0.25) is 0 Å². The second-order valence-corrected chi connectivity index (χ2v) is 3.74. The molecule has 3 atom stereocenters. The van der Waals surface area contributed by atoms with Gasteiger partial charge in [0.1, 0.15) is 6.10 Å². The number of ketones is 1. The molecule has 1 aliphatic rings. The van der Waals surface area contributed by atoms with Gasteiger partial charge in [0, 0.05) is 6.04 Å². The lowest BCUT2D eigenvalue weighted by Crippen LogP contribution is -2.36. The van der Waals surface area contributed by atoms with Gasteiger partial charge in [0.25, 0.3) is 0 Å². The van der Waals surface area contributed by atoms with E-state index >= 15 is 0 Å². The highest BCUT2D eigenvalue weighted by molar-refractivity contribution is 5.80.